The third-order valence-corrected chi connectivity index (χ3v) is 9.63. The summed E-state index contributed by atoms with van der Waals surface area (Å²) in [6.45, 7) is 4.65. The molecule has 4 heterocycles. The highest BCUT2D eigenvalue weighted by molar-refractivity contribution is 7.03. The van der Waals surface area contributed by atoms with Crippen LogP contribution in [0.5, 0.6) is 0 Å². The molecule has 5 aromatic rings. The minimum absolute atomic E-state index is 0.170. The van der Waals surface area contributed by atoms with Crippen LogP contribution in [-0.2, 0) is 27.3 Å². The van der Waals surface area contributed by atoms with Gasteiger partial charge in [-0.1, -0.05) is 25.1 Å². The standard InChI is InChI=1S/C36H41N9O5S/c1-3-27-35(49)43-30(16-24-18-39-28-9-5-4-8-26(24)28)34(48)38-13-7-15-45-22(2)41-29-11-10-23(17-31(29)45)33(47)37-12-6-14-44(20-32(46)42-27)36(50)25-19-40-51-21-25/h4-5,8-11,17-19,21,27,30,39H,3,6-7,12-16,20H2,1-2H3,(H,37,47)(H,38,48)(H,42,46)(H,43,49)/t27-,30+/m0/s1. The van der Waals surface area contributed by atoms with Crippen LogP contribution < -0.4 is 21.3 Å². The van der Waals surface area contributed by atoms with E-state index in [0.717, 1.165) is 44.9 Å². The molecule has 1 aliphatic heterocycles. The van der Waals surface area contributed by atoms with Crippen molar-refractivity contribution in [3.8, 4) is 0 Å². The Morgan fingerprint density at radius 1 is 0.961 bits per heavy atom. The zero-order chi connectivity index (χ0) is 35.9. The van der Waals surface area contributed by atoms with Crippen molar-refractivity contribution in [1.29, 1.82) is 0 Å². The lowest BCUT2D eigenvalue weighted by molar-refractivity contribution is -0.132. The van der Waals surface area contributed by atoms with Gasteiger partial charge in [-0.3, -0.25) is 24.0 Å². The molecule has 0 aliphatic carbocycles. The number of hydrogen-bond acceptors (Lipinski definition) is 8. The fraction of sp³-hybridized carbons (Fsp3) is 0.361. The van der Waals surface area contributed by atoms with Gasteiger partial charge < -0.3 is 35.7 Å². The van der Waals surface area contributed by atoms with Crippen molar-refractivity contribution in [1.82, 2.24) is 45.1 Å². The molecular formula is C36H41N9O5S. The van der Waals surface area contributed by atoms with Gasteiger partial charge in [0.05, 0.1) is 29.3 Å². The van der Waals surface area contributed by atoms with Crippen molar-refractivity contribution in [2.45, 2.75) is 58.2 Å². The number of amides is 5. The second-order valence-electron chi connectivity index (χ2n) is 12.6. The predicted octanol–water partition coefficient (Wildman–Crippen LogP) is 2.69. The molecule has 1 aliphatic rings. The SMILES string of the molecule is CC[C@@H]1NC(=O)CN(C(=O)c2cnsc2)CCCNC(=O)c2ccc3nc(C)n(c3c2)CCCNC(=O)[C@@H](Cc2c[nH]c3ccccc23)NC1=O. The molecule has 0 spiro atoms. The number of aromatic amines is 1. The van der Waals surface area contributed by atoms with Crippen molar-refractivity contribution < 1.29 is 24.0 Å². The molecule has 0 unspecified atom stereocenters. The van der Waals surface area contributed by atoms with Gasteiger partial charge in [0.2, 0.25) is 17.7 Å². The first-order valence-corrected chi connectivity index (χ1v) is 17.9. The molecule has 15 heteroatoms. The van der Waals surface area contributed by atoms with Gasteiger partial charge in [-0.15, -0.1) is 0 Å². The fourth-order valence-corrected chi connectivity index (χ4v) is 6.84. The van der Waals surface area contributed by atoms with E-state index < -0.39 is 23.9 Å². The van der Waals surface area contributed by atoms with Crippen molar-refractivity contribution in [2.24, 2.45) is 0 Å². The molecule has 0 saturated heterocycles. The van der Waals surface area contributed by atoms with Gasteiger partial charge in [-0.25, -0.2) is 9.36 Å². The second-order valence-corrected chi connectivity index (χ2v) is 13.2. The number of aryl methyl sites for hydroxylation is 2. The summed E-state index contributed by atoms with van der Waals surface area (Å²) in [6, 6.07) is 11.2. The smallest absolute Gasteiger partial charge is 0.256 e. The van der Waals surface area contributed by atoms with Gasteiger partial charge >= 0.3 is 0 Å². The maximum absolute atomic E-state index is 13.7. The van der Waals surface area contributed by atoms with Gasteiger partial charge in [0.25, 0.3) is 11.8 Å². The molecule has 5 N–H and O–H groups in total. The average Bonchev–Trinajstić information content (AvgIpc) is 3.88. The summed E-state index contributed by atoms with van der Waals surface area (Å²) in [4.78, 5) is 76.5. The maximum Gasteiger partial charge on any atom is 0.256 e. The number of benzene rings is 2. The van der Waals surface area contributed by atoms with Gasteiger partial charge in [-0.2, -0.15) is 0 Å². The Morgan fingerprint density at radius 2 is 1.76 bits per heavy atom. The zero-order valence-corrected chi connectivity index (χ0v) is 29.3. The van der Waals surface area contributed by atoms with Crippen molar-refractivity contribution in [2.75, 3.05) is 26.2 Å². The molecule has 6 rings (SSSR count). The van der Waals surface area contributed by atoms with Crippen LogP contribution in [0.2, 0.25) is 0 Å². The number of imidazole rings is 1. The molecule has 3 aromatic heterocycles. The lowest BCUT2D eigenvalue weighted by atomic mass is 10.0. The number of para-hydroxylation sites is 1. The number of rotatable bonds is 4. The number of carbonyl (C=O) groups excluding carboxylic acids is 5. The molecule has 14 nitrogen and oxygen atoms in total. The first-order valence-electron chi connectivity index (χ1n) is 17.1. The quantitative estimate of drug-likeness (QED) is 0.190. The van der Waals surface area contributed by atoms with Crippen molar-refractivity contribution >= 4 is 63.0 Å². The molecule has 266 valence electrons. The van der Waals surface area contributed by atoms with Crippen molar-refractivity contribution in [3.05, 3.63) is 82.8 Å². The van der Waals surface area contributed by atoms with E-state index in [4.69, 9.17) is 0 Å². The maximum atomic E-state index is 13.7. The number of aromatic nitrogens is 4. The summed E-state index contributed by atoms with van der Waals surface area (Å²) < 4.78 is 6.04. The van der Waals surface area contributed by atoms with E-state index in [-0.39, 0.29) is 50.2 Å². The Morgan fingerprint density at radius 3 is 2.57 bits per heavy atom. The molecule has 51 heavy (non-hydrogen) atoms. The molecule has 2 atom stereocenters. The predicted molar refractivity (Wildman–Crippen MR) is 193 cm³/mol. The largest absolute Gasteiger partial charge is 0.361 e. The zero-order valence-electron chi connectivity index (χ0n) is 28.5. The van der Waals surface area contributed by atoms with E-state index in [9.17, 15) is 24.0 Å². The minimum atomic E-state index is -0.951. The number of H-pyrrole nitrogens is 1. The van der Waals surface area contributed by atoms with E-state index in [1.165, 1.54) is 11.1 Å². The summed E-state index contributed by atoms with van der Waals surface area (Å²) in [5.41, 5.74) is 4.15. The van der Waals surface area contributed by atoms with Crippen LogP contribution in [0.25, 0.3) is 21.9 Å². The highest BCUT2D eigenvalue weighted by Crippen LogP contribution is 2.21. The highest BCUT2D eigenvalue weighted by atomic mass is 32.1. The van der Waals surface area contributed by atoms with E-state index in [2.05, 4.69) is 35.6 Å². The summed E-state index contributed by atoms with van der Waals surface area (Å²) in [6.07, 6.45) is 4.71. The molecule has 5 amide bonds. The van der Waals surface area contributed by atoms with Crippen LogP contribution in [0.15, 0.2) is 60.2 Å². The van der Waals surface area contributed by atoms with Crippen LogP contribution in [-0.4, -0.2) is 91.6 Å². The van der Waals surface area contributed by atoms with Crippen LogP contribution in [0, 0.1) is 6.92 Å². The Hall–Kier alpha value is -5.57. The number of hydrogen-bond donors (Lipinski definition) is 5. The van der Waals surface area contributed by atoms with Gasteiger partial charge in [-0.05, 0) is 67.5 Å². The number of carbonyl (C=O) groups is 5. The monoisotopic (exact) mass is 711 g/mol. The first kappa shape index (κ1) is 35.3. The van der Waals surface area contributed by atoms with Crippen molar-refractivity contribution in [3.63, 3.8) is 0 Å². The average molecular weight is 712 g/mol. The first-order chi connectivity index (χ1) is 24.7. The third-order valence-electron chi connectivity index (χ3n) is 9.04. The summed E-state index contributed by atoms with van der Waals surface area (Å²) in [7, 11) is 0. The fourth-order valence-electron chi connectivity index (χ4n) is 6.33. The van der Waals surface area contributed by atoms with Gasteiger partial charge in [0, 0.05) is 60.6 Å². The molecule has 0 radical (unpaired) electrons. The molecule has 0 fully saturated rings. The van der Waals surface area contributed by atoms with Crippen LogP contribution in [0.3, 0.4) is 0 Å². The third kappa shape index (κ3) is 8.26. The van der Waals surface area contributed by atoms with E-state index >= 15 is 0 Å². The topological polar surface area (TPSA) is 183 Å². The Kier molecular flexibility index (Phi) is 11.0. The Bertz CT molecular complexity index is 2050. The molecule has 0 saturated carbocycles. The second kappa shape index (κ2) is 16.0. The summed E-state index contributed by atoms with van der Waals surface area (Å²) in [5, 5.41) is 14.1. The summed E-state index contributed by atoms with van der Waals surface area (Å²) in [5.74, 6) is -1.27. The lowest BCUT2D eigenvalue weighted by Crippen LogP contribution is -2.55. The van der Waals surface area contributed by atoms with Crippen LogP contribution in [0.4, 0.5) is 0 Å². The lowest BCUT2D eigenvalue weighted by Gasteiger charge is -2.25. The van der Waals surface area contributed by atoms with Gasteiger partial charge in [0.1, 0.15) is 17.9 Å². The number of nitrogens with zero attached hydrogens (tertiary/aromatic N) is 4. The van der Waals surface area contributed by atoms with Crippen LogP contribution in [0.1, 0.15) is 58.3 Å². The Balaban J connectivity index is 1.27. The number of nitrogens with one attached hydrogen (secondary N) is 5. The summed E-state index contributed by atoms with van der Waals surface area (Å²) >= 11 is 1.12. The normalized spacial score (nSPS) is 18.8. The minimum Gasteiger partial charge on any atom is -0.361 e. The molecule has 2 aromatic carbocycles. The number of fused-ring (bicyclic) bond motifs is 2. The molecule has 2 bridgehead atoms. The highest BCUT2D eigenvalue weighted by Gasteiger charge is 2.28. The Labute approximate surface area is 298 Å². The van der Waals surface area contributed by atoms with E-state index in [1.54, 1.807) is 24.4 Å². The molecular weight excluding hydrogens is 671 g/mol. The van der Waals surface area contributed by atoms with Crippen LogP contribution >= 0.6 is 11.5 Å². The van der Waals surface area contributed by atoms with Gasteiger partial charge in [0.15, 0.2) is 0 Å². The van der Waals surface area contributed by atoms with E-state index in [1.807, 2.05) is 48.0 Å². The van der Waals surface area contributed by atoms with E-state index in [0.29, 0.717) is 37.1 Å².